The monoisotopic (exact) mass is 383 g/mol. The Morgan fingerprint density at radius 3 is 2.59 bits per heavy atom. The van der Waals surface area contributed by atoms with Crippen molar-refractivity contribution >= 4 is 39.3 Å². The number of carbonyl (C=O) groups excluding carboxylic acids is 1. The molecule has 0 fully saturated rings. The summed E-state index contributed by atoms with van der Waals surface area (Å²) >= 11 is 4.78. The average Bonchev–Trinajstić information content (AvgIpc) is 2.91. The molecule has 0 aliphatic heterocycles. The number of aliphatic carboxylic acids is 1. The maximum absolute atomic E-state index is 11.7. The molecule has 0 saturated heterocycles. The van der Waals surface area contributed by atoms with Crippen LogP contribution in [0.25, 0.3) is 0 Å². The molecule has 5 nitrogen and oxygen atoms in total. The van der Waals surface area contributed by atoms with Gasteiger partial charge in [0.05, 0.1) is 3.79 Å². The van der Waals surface area contributed by atoms with Gasteiger partial charge < -0.3 is 15.2 Å². The first-order chi connectivity index (χ1) is 10.5. The fraction of sp³-hybridized carbons (Fsp3) is 0.200. The van der Waals surface area contributed by atoms with E-state index in [4.69, 9.17) is 4.74 Å². The predicted molar refractivity (Wildman–Crippen MR) is 86.9 cm³/mol. The third-order valence-electron chi connectivity index (χ3n) is 2.86. The fourth-order valence-corrected chi connectivity index (χ4v) is 3.02. The molecule has 0 radical (unpaired) electrons. The number of alkyl carbamates (subject to hydrolysis) is 1. The van der Waals surface area contributed by atoms with E-state index in [1.54, 1.807) is 0 Å². The van der Waals surface area contributed by atoms with Crippen molar-refractivity contribution < 1.29 is 19.4 Å². The van der Waals surface area contributed by atoms with Gasteiger partial charge >= 0.3 is 12.1 Å². The smallest absolute Gasteiger partial charge is 0.408 e. The second-order valence-electron chi connectivity index (χ2n) is 4.56. The third kappa shape index (κ3) is 5.16. The molecule has 22 heavy (non-hydrogen) atoms. The van der Waals surface area contributed by atoms with Crippen LogP contribution in [0.2, 0.25) is 0 Å². The number of ether oxygens (including phenoxy) is 1. The minimum absolute atomic E-state index is 0.100. The molecule has 0 unspecified atom stereocenters. The lowest BCUT2D eigenvalue weighted by Gasteiger charge is -2.14. The lowest BCUT2D eigenvalue weighted by Crippen LogP contribution is -2.42. The van der Waals surface area contributed by atoms with E-state index in [0.29, 0.717) is 0 Å². The first-order valence-electron chi connectivity index (χ1n) is 6.47. The second kappa shape index (κ2) is 7.95. The van der Waals surface area contributed by atoms with Crippen LogP contribution in [0, 0.1) is 0 Å². The second-order valence-corrected chi connectivity index (χ2v) is 6.85. The molecule has 1 heterocycles. The minimum Gasteiger partial charge on any atom is -0.480 e. The summed E-state index contributed by atoms with van der Waals surface area (Å²) in [5.41, 5.74) is 1.68. The summed E-state index contributed by atoms with van der Waals surface area (Å²) in [5.74, 6) is -1.10. The molecule has 116 valence electrons. The van der Waals surface area contributed by atoms with E-state index in [1.165, 1.54) is 11.3 Å². The van der Waals surface area contributed by atoms with E-state index < -0.39 is 18.1 Å². The molecular formula is C15H14BrNO4S. The van der Waals surface area contributed by atoms with Gasteiger partial charge in [-0.15, -0.1) is 11.3 Å². The topological polar surface area (TPSA) is 75.6 Å². The van der Waals surface area contributed by atoms with E-state index in [1.807, 2.05) is 41.8 Å². The summed E-state index contributed by atoms with van der Waals surface area (Å²) < 4.78 is 5.95. The summed E-state index contributed by atoms with van der Waals surface area (Å²) in [6.45, 7) is 0.100. The van der Waals surface area contributed by atoms with Crippen LogP contribution < -0.4 is 5.32 Å². The molecule has 0 aliphatic rings. The highest BCUT2D eigenvalue weighted by Gasteiger charge is 2.21. The normalized spacial score (nSPS) is 11.7. The number of carboxylic acids is 1. The zero-order chi connectivity index (χ0) is 15.9. The number of carbonyl (C=O) groups is 2. The predicted octanol–water partition coefficient (Wildman–Crippen LogP) is 3.43. The fourth-order valence-electron chi connectivity index (χ4n) is 1.80. The number of rotatable bonds is 6. The van der Waals surface area contributed by atoms with Crippen LogP contribution in [0.15, 0.2) is 45.6 Å². The van der Waals surface area contributed by atoms with Crippen molar-refractivity contribution in [2.24, 2.45) is 0 Å². The van der Waals surface area contributed by atoms with Gasteiger partial charge in [-0.1, -0.05) is 30.3 Å². The third-order valence-corrected chi connectivity index (χ3v) is 4.42. The molecule has 0 aliphatic carbocycles. The summed E-state index contributed by atoms with van der Waals surface area (Å²) in [5, 5.41) is 13.4. The number of benzene rings is 1. The van der Waals surface area contributed by atoms with Crippen LogP contribution in [0.5, 0.6) is 0 Å². The van der Waals surface area contributed by atoms with Gasteiger partial charge in [0.25, 0.3) is 0 Å². The van der Waals surface area contributed by atoms with Crippen molar-refractivity contribution in [1.29, 1.82) is 0 Å². The summed E-state index contributed by atoms with van der Waals surface area (Å²) in [7, 11) is 0. The Morgan fingerprint density at radius 1 is 1.27 bits per heavy atom. The van der Waals surface area contributed by atoms with Gasteiger partial charge in [-0.2, -0.15) is 0 Å². The van der Waals surface area contributed by atoms with Crippen LogP contribution in [-0.2, 0) is 22.6 Å². The van der Waals surface area contributed by atoms with Crippen molar-refractivity contribution in [2.45, 2.75) is 19.1 Å². The Kier molecular flexibility index (Phi) is 5.97. The zero-order valence-corrected chi connectivity index (χ0v) is 13.9. The van der Waals surface area contributed by atoms with Gasteiger partial charge in [-0.25, -0.2) is 9.59 Å². The highest BCUT2D eigenvalue weighted by atomic mass is 79.9. The maximum Gasteiger partial charge on any atom is 0.408 e. The minimum atomic E-state index is -1.10. The largest absolute Gasteiger partial charge is 0.480 e. The Labute approximate surface area is 140 Å². The first kappa shape index (κ1) is 16.5. The number of halogens is 1. The van der Waals surface area contributed by atoms with E-state index >= 15 is 0 Å². The highest BCUT2D eigenvalue weighted by molar-refractivity contribution is 9.11. The van der Waals surface area contributed by atoms with Crippen LogP contribution in [-0.4, -0.2) is 23.2 Å². The number of hydrogen-bond acceptors (Lipinski definition) is 4. The molecule has 0 saturated carbocycles. The van der Waals surface area contributed by atoms with Gasteiger partial charge in [-0.3, -0.25) is 0 Å². The molecule has 2 rings (SSSR count). The van der Waals surface area contributed by atoms with Gasteiger partial charge in [0.15, 0.2) is 0 Å². The Balaban J connectivity index is 1.87. The van der Waals surface area contributed by atoms with Crippen LogP contribution in [0.3, 0.4) is 0 Å². The summed E-state index contributed by atoms with van der Waals surface area (Å²) in [6, 6.07) is 10.00. The van der Waals surface area contributed by atoms with Crippen molar-refractivity contribution in [1.82, 2.24) is 5.32 Å². The van der Waals surface area contributed by atoms with E-state index in [2.05, 4.69) is 21.2 Å². The van der Waals surface area contributed by atoms with Crippen molar-refractivity contribution in [3.63, 3.8) is 0 Å². The summed E-state index contributed by atoms with van der Waals surface area (Å²) in [4.78, 5) is 23.0. The highest BCUT2D eigenvalue weighted by Crippen LogP contribution is 2.21. The number of thiophene rings is 1. The lowest BCUT2D eigenvalue weighted by atomic mass is 10.1. The Bertz CT molecular complexity index is 644. The SMILES string of the molecule is O=C(N[C@H](Cc1csc(Br)c1)C(=O)O)OCc1ccccc1. The molecule has 1 atom stereocenters. The molecule has 2 N–H and O–H groups in total. The zero-order valence-electron chi connectivity index (χ0n) is 11.5. The quantitative estimate of drug-likeness (QED) is 0.800. The molecular weight excluding hydrogens is 370 g/mol. The van der Waals surface area contributed by atoms with Gasteiger partial charge in [0, 0.05) is 6.42 Å². The molecule has 2 aromatic rings. The van der Waals surface area contributed by atoms with E-state index in [-0.39, 0.29) is 13.0 Å². The number of hydrogen-bond donors (Lipinski definition) is 2. The standard InChI is InChI=1S/C15H14BrNO4S/c16-13-7-11(9-22-13)6-12(14(18)19)17-15(20)21-8-10-4-2-1-3-5-10/h1-5,7,9,12H,6,8H2,(H,17,20)(H,18,19)/t12-/m1/s1. The molecule has 1 amide bonds. The average molecular weight is 384 g/mol. The summed E-state index contributed by atoms with van der Waals surface area (Å²) in [6.07, 6.45) is -0.539. The molecule has 7 heteroatoms. The van der Waals surface area contributed by atoms with Gasteiger partial charge in [0.1, 0.15) is 12.6 Å². The molecule has 0 bridgehead atoms. The van der Waals surface area contributed by atoms with Crippen LogP contribution >= 0.6 is 27.3 Å². The van der Waals surface area contributed by atoms with E-state index in [9.17, 15) is 14.7 Å². The molecule has 1 aromatic carbocycles. The van der Waals surface area contributed by atoms with Crippen molar-refractivity contribution in [3.05, 3.63) is 56.7 Å². The lowest BCUT2D eigenvalue weighted by molar-refractivity contribution is -0.139. The number of nitrogens with one attached hydrogen (secondary N) is 1. The number of carboxylic acid groups (broad SMARTS) is 1. The van der Waals surface area contributed by atoms with Crippen LogP contribution in [0.4, 0.5) is 4.79 Å². The van der Waals surface area contributed by atoms with Crippen molar-refractivity contribution in [3.8, 4) is 0 Å². The first-order valence-corrected chi connectivity index (χ1v) is 8.15. The molecule has 1 aromatic heterocycles. The maximum atomic E-state index is 11.7. The van der Waals surface area contributed by atoms with Gasteiger partial charge in [0.2, 0.25) is 0 Å². The Hall–Kier alpha value is -1.86. The van der Waals surface area contributed by atoms with Crippen molar-refractivity contribution in [2.75, 3.05) is 0 Å². The molecule has 0 spiro atoms. The van der Waals surface area contributed by atoms with Crippen LogP contribution in [0.1, 0.15) is 11.1 Å². The van der Waals surface area contributed by atoms with E-state index in [0.717, 1.165) is 14.9 Å². The number of amides is 1. The Morgan fingerprint density at radius 2 is 2.00 bits per heavy atom. The van der Waals surface area contributed by atoms with Gasteiger partial charge in [-0.05, 0) is 38.5 Å².